The van der Waals surface area contributed by atoms with Crippen LogP contribution in [0.4, 0.5) is 0 Å². The van der Waals surface area contributed by atoms with Crippen LogP contribution < -0.4 is 5.32 Å². The smallest absolute Gasteiger partial charge is 0.161 e. The number of furan rings is 2. The molecule has 1 saturated heterocycles. The van der Waals surface area contributed by atoms with E-state index in [9.17, 15) is 5.11 Å². The third-order valence-electron chi connectivity index (χ3n) is 4.69. The lowest BCUT2D eigenvalue weighted by molar-refractivity contribution is -0.760. The highest BCUT2D eigenvalue weighted by molar-refractivity contribution is 5.10. The zero-order chi connectivity index (χ0) is 14.9. The van der Waals surface area contributed by atoms with Gasteiger partial charge in [-0.25, -0.2) is 0 Å². The highest BCUT2D eigenvalue weighted by Crippen LogP contribution is 2.41. The molecule has 4 unspecified atom stereocenters. The van der Waals surface area contributed by atoms with Crippen molar-refractivity contribution >= 4 is 0 Å². The van der Waals surface area contributed by atoms with Crippen LogP contribution in [-0.2, 0) is 0 Å². The minimum atomic E-state index is -0.723. The van der Waals surface area contributed by atoms with Crippen molar-refractivity contribution in [3.8, 4) is 0 Å². The van der Waals surface area contributed by atoms with Gasteiger partial charge in [-0.15, -0.1) is 0 Å². The summed E-state index contributed by atoms with van der Waals surface area (Å²) in [6.45, 7) is 4.11. The van der Waals surface area contributed by atoms with Crippen LogP contribution >= 0.6 is 0 Å². The summed E-state index contributed by atoms with van der Waals surface area (Å²) in [6, 6.07) is 8.05. The minimum Gasteiger partial charge on any atom is -0.463 e. The van der Waals surface area contributed by atoms with Crippen LogP contribution in [0.2, 0.25) is 0 Å². The number of quaternary nitrogens is 1. The Morgan fingerprint density at radius 1 is 1.24 bits per heavy atom. The SMILES string of the molecule is CCCC1C(c2ccco2)[NH2+]C(c2ccco2)CC1(C)O. The summed E-state index contributed by atoms with van der Waals surface area (Å²) in [4.78, 5) is 0. The van der Waals surface area contributed by atoms with Crippen molar-refractivity contribution < 1.29 is 19.3 Å². The van der Waals surface area contributed by atoms with E-state index in [2.05, 4.69) is 12.2 Å². The average molecular weight is 290 g/mol. The van der Waals surface area contributed by atoms with Crippen LogP contribution in [0.1, 0.15) is 56.7 Å². The maximum Gasteiger partial charge on any atom is 0.161 e. The Bertz CT molecular complexity index is 545. The molecule has 0 aromatic carbocycles. The van der Waals surface area contributed by atoms with Gasteiger partial charge in [0.1, 0.15) is 6.04 Å². The molecule has 0 radical (unpaired) electrons. The second kappa shape index (κ2) is 5.70. The van der Waals surface area contributed by atoms with Gasteiger partial charge < -0.3 is 19.3 Å². The van der Waals surface area contributed by atoms with Gasteiger partial charge in [-0.1, -0.05) is 13.3 Å². The number of piperidine rings is 1. The fraction of sp³-hybridized carbons (Fsp3) is 0.529. The average Bonchev–Trinajstić information content (AvgIpc) is 3.13. The molecule has 3 N–H and O–H groups in total. The van der Waals surface area contributed by atoms with E-state index >= 15 is 0 Å². The fourth-order valence-corrected chi connectivity index (χ4v) is 3.71. The Kier molecular flexibility index (Phi) is 3.91. The molecule has 114 valence electrons. The third kappa shape index (κ3) is 2.78. The molecule has 0 amide bonds. The van der Waals surface area contributed by atoms with Crippen molar-refractivity contribution in [2.45, 2.75) is 50.8 Å². The van der Waals surface area contributed by atoms with Gasteiger partial charge in [0.2, 0.25) is 0 Å². The first-order chi connectivity index (χ1) is 10.1. The number of aliphatic hydroxyl groups is 1. The molecule has 3 heterocycles. The van der Waals surface area contributed by atoms with Crippen molar-refractivity contribution in [2.75, 3.05) is 0 Å². The van der Waals surface area contributed by atoms with Gasteiger partial charge in [-0.05, 0) is 37.6 Å². The molecule has 4 atom stereocenters. The fourth-order valence-electron chi connectivity index (χ4n) is 3.71. The molecule has 3 rings (SSSR count). The predicted octanol–water partition coefficient (Wildman–Crippen LogP) is 2.79. The molecule has 4 heteroatoms. The van der Waals surface area contributed by atoms with Crippen LogP contribution in [0, 0.1) is 5.92 Å². The first-order valence-corrected chi connectivity index (χ1v) is 7.76. The van der Waals surface area contributed by atoms with Crippen LogP contribution in [0.15, 0.2) is 45.6 Å². The van der Waals surface area contributed by atoms with Crippen molar-refractivity contribution in [3.63, 3.8) is 0 Å². The molecule has 0 bridgehead atoms. The van der Waals surface area contributed by atoms with Crippen LogP contribution in [0.3, 0.4) is 0 Å². The summed E-state index contributed by atoms with van der Waals surface area (Å²) < 4.78 is 11.2. The van der Waals surface area contributed by atoms with Gasteiger partial charge in [0, 0.05) is 12.3 Å². The van der Waals surface area contributed by atoms with Gasteiger partial charge >= 0.3 is 0 Å². The van der Waals surface area contributed by atoms with E-state index in [-0.39, 0.29) is 18.0 Å². The number of hydrogen-bond donors (Lipinski definition) is 2. The zero-order valence-electron chi connectivity index (χ0n) is 12.7. The monoisotopic (exact) mass is 290 g/mol. The van der Waals surface area contributed by atoms with E-state index < -0.39 is 5.60 Å². The van der Waals surface area contributed by atoms with Crippen molar-refractivity contribution in [3.05, 3.63) is 48.3 Å². The Labute approximate surface area is 125 Å². The first kappa shape index (κ1) is 14.4. The topological polar surface area (TPSA) is 63.1 Å². The molecular weight excluding hydrogens is 266 g/mol. The van der Waals surface area contributed by atoms with E-state index in [1.54, 1.807) is 12.5 Å². The highest BCUT2D eigenvalue weighted by Gasteiger charge is 2.49. The Hall–Kier alpha value is -1.52. The third-order valence-corrected chi connectivity index (χ3v) is 4.69. The lowest BCUT2D eigenvalue weighted by Crippen LogP contribution is -2.91. The summed E-state index contributed by atoms with van der Waals surface area (Å²) in [5.41, 5.74) is -0.723. The molecule has 1 fully saturated rings. The largest absolute Gasteiger partial charge is 0.463 e. The van der Waals surface area contributed by atoms with Crippen molar-refractivity contribution in [1.29, 1.82) is 0 Å². The number of rotatable bonds is 4. The summed E-state index contributed by atoms with van der Waals surface area (Å²) in [5, 5.41) is 13.3. The molecular formula is C17H24NO3+. The van der Waals surface area contributed by atoms with Gasteiger partial charge in [-0.3, -0.25) is 0 Å². The van der Waals surface area contributed by atoms with E-state index in [1.807, 2.05) is 31.2 Å². The van der Waals surface area contributed by atoms with Gasteiger partial charge in [0.25, 0.3) is 0 Å². The minimum absolute atomic E-state index is 0.123. The lowest BCUT2D eigenvalue weighted by Gasteiger charge is -2.43. The summed E-state index contributed by atoms with van der Waals surface area (Å²) in [7, 11) is 0. The molecule has 4 nitrogen and oxygen atoms in total. The van der Waals surface area contributed by atoms with Crippen LogP contribution in [0.5, 0.6) is 0 Å². The van der Waals surface area contributed by atoms with Crippen molar-refractivity contribution in [2.24, 2.45) is 5.92 Å². The van der Waals surface area contributed by atoms with Gasteiger partial charge in [0.05, 0.1) is 18.1 Å². The van der Waals surface area contributed by atoms with Crippen LogP contribution in [-0.4, -0.2) is 10.7 Å². The van der Waals surface area contributed by atoms with E-state index in [4.69, 9.17) is 8.83 Å². The molecule has 0 spiro atoms. The van der Waals surface area contributed by atoms with E-state index in [0.717, 1.165) is 24.4 Å². The Morgan fingerprint density at radius 3 is 2.48 bits per heavy atom. The summed E-state index contributed by atoms with van der Waals surface area (Å²) >= 11 is 0. The first-order valence-electron chi connectivity index (χ1n) is 7.76. The summed E-state index contributed by atoms with van der Waals surface area (Å²) in [5.74, 6) is 2.03. The standard InChI is InChI=1S/C17H23NO3/c1-3-6-12-16(15-8-5-10-21-15)18-13(11-17(12,2)19)14-7-4-9-20-14/h4-5,7-10,12-13,16,18-19H,3,6,11H2,1-2H3/p+1. The second-order valence-electron chi connectivity index (χ2n) is 6.31. The molecule has 1 aliphatic heterocycles. The van der Waals surface area contributed by atoms with Crippen molar-refractivity contribution in [1.82, 2.24) is 0 Å². The Balaban J connectivity index is 1.92. The molecule has 0 aliphatic carbocycles. The highest BCUT2D eigenvalue weighted by atomic mass is 16.3. The lowest BCUT2D eigenvalue weighted by atomic mass is 9.72. The molecule has 2 aromatic heterocycles. The molecule has 2 aromatic rings. The second-order valence-corrected chi connectivity index (χ2v) is 6.31. The van der Waals surface area contributed by atoms with E-state index in [1.165, 1.54) is 0 Å². The number of nitrogens with two attached hydrogens (primary N) is 1. The summed E-state index contributed by atoms with van der Waals surface area (Å²) in [6.07, 6.45) is 6.13. The maximum absolute atomic E-state index is 11.0. The van der Waals surface area contributed by atoms with E-state index in [0.29, 0.717) is 6.42 Å². The normalized spacial score (nSPS) is 33.2. The number of hydrogen-bond acceptors (Lipinski definition) is 3. The molecule has 1 aliphatic rings. The van der Waals surface area contributed by atoms with Crippen LogP contribution in [0.25, 0.3) is 0 Å². The zero-order valence-corrected chi connectivity index (χ0v) is 12.7. The quantitative estimate of drug-likeness (QED) is 0.910. The maximum atomic E-state index is 11.0. The predicted molar refractivity (Wildman–Crippen MR) is 78.5 cm³/mol. The van der Waals surface area contributed by atoms with Gasteiger partial charge in [0.15, 0.2) is 17.6 Å². The van der Waals surface area contributed by atoms with Gasteiger partial charge in [-0.2, -0.15) is 0 Å². The molecule has 21 heavy (non-hydrogen) atoms. The molecule has 0 saturated carbocycles. The Morgan fingerprint density at radius 2 is 1.90 bits per heavy atom.